The Hall–Kier alpha value is -2.04. The highest BCUT2D eigenvalue weighted by atomic mass is 16.2. The fourth-order valence-corrected chi connectivity index (χ4v) is 1.46. The molecule has 1 aromatic carbocycles. The Bertz CT molecular complexity index is 444. The fraction of sp³-hybridized carbons (Fsp3) is 0.429. The second-order valence-electron chi connectivity index (χ2n) is 4.82. The lowest BCUT2D eigenvalue weighted by molar-refractivity contribution is -0.118. The van der Waals surface area contributed by atoms with Crippen molar-refractivity contribution in [1.82, 2.24) is 10.6 Å². The number of aryl methyl sites for hydroxylation is 1. The molecule has 0 bridgehead atoms. The van der Waals surface area contributed by atoms with Gasteiger partial charge in [-0.25, -0.2) is 4.79 Å². The van der Waals surface area contributed by atoms with Gasteiger partial charge in [-0.1, -0.05) is 32.0 Å². The van der Waals surface area contributed by atoms with Gasteiger partial charge in [0.2, 0.25) is 5.91 Å². The molecule has 0 radical (unpaired) electrons. The van der Waals surface area contributed by atoms with Crippen LogP contribution in [0.3, 0.4) is 0 Å². The molecule has 0 aliphatic rings. The molecule has 0 saturated heterocycles. The van der Waals surface area contributed by atoms with Crippen molar-refractivity contribution in [1.29, 1.82) is 0 Å². The van der Waals surface area contributed by atoms with Crippen molar-refractivity contribution in [2.75, 3.05) is 18.4 Å². The lowest BCUT2D eigenvalue weighted by atomic mass is 10.2. The quantitative estimate of drug-likeness (QED) is 0.759. The fourth-order valence-electron chi connectivity index (χ4n) is 1.46. The molecular weight excluding hydrogens is 242 g/mol. The van der Waals surface area contributed by atoms with Crippen LogP contribution in [0.5, 0.6) is 0 Å². The molecule has 0 heterocycles. The largest absolute Gasteiger partial charge is 0.376 e. The minimum atomic E-state index is -0.453. The molecule has 0 spiro atoms. The van der Waals surface area contributed by atoms with E-state index in [-0.39, 0.29) is 12.5 Å². The Morgan fingerprint density at radius 3 is 2.53 bits per heavy atom. The maximum Gasteiger partial charge on any atom is 0.321 e. The Morgan fingerprint density at radius 2 is 1.89 bits per heavy atom. The number of carbonyl (C=O) groups is 2. The predicted octanol–water partition coefficient (Wildman–Crippen LogP) is 1.89. The molecule has 0 aliphatic carbocycles. The van der Waals surface area contributed by atoms with E-state index in [1.165, 1.54) is 0 Å². The Labute approximate surface area is 113 Å². The highest BCUT2D eigenvalue weighted by molar-refractivity contribution is 5.96. The first-order valence-electron chi connectivity index (χ1n) is 6.36. The molecule has 1 aromatic rings. The van der Waals surface area contributed by atoms with E-state index in [2.05, 4.69) is 16.0 Å². The zero-order valence-corrected chi connectivity index (χ0v) is 11.6. The van der Waals surface area contributed by atoms with Crippen LogP contribution in [0.1, 0.15) is 19.4 Å². The van der Waals surface area contributed by atoms with E-state index in [1.54, 1.807) is 0 Å². The molecule has 5 heteroatoms. The highest BCUT2D eigenvalue weighted by Crippen LogP contribution is 2.12. The zero-order valence-electron chi connectivity index (χ0n) is 11.6. The topological polar surface area (TPSA) is 70.2 Å². The van der Waals surface area contributed by atoms with Crippen LogP contribution in [0.25, 0.3) is 0 Å². The van der Waals surface area contributed by atoms with E-state index >= 15 is 0 Å². The first-order chi connectivity index (χ1) is 8.99. The summed E-state index contributed by atoms with van der Waals surface area (Å²) in [6, 6.07) is 7.21. The standard InChI is InChI=1S/C14H21N3O2/c1-10(2)8-16-14(19)17-13(18)9-15-12-7-5-4-6-11(12)3/h4-7,10,15H,8-9H2,1-3H3,(H2,16,17,18,19). The number of para-hydroxylation sites is 1. The van der Waals surface area contributed by atoms with Crippen molar-refractivity contribution in [2.45, 2.75) is 20.8 Å². The molecule has 0 saturated carbocycles. The number of amides is 3. The van der Waals surface area contributed by atoms with Gasteiger partial charge in [0.1, 0.15) is 0 Å². The number of hydrogen-bond acceptors (Lipinski definition) is 3. The Kier molecular flexibility index (Phi) is 5.85. The first kappa shape index (κ1) is 15.0. The molecule has 0 aliphatic heterocycles. The smallest absolute Gasteiger partial charge is 0.321 e. The average molecular weight is 263 g/mol. The number of imide groups is 1. The molecule has 0 atom stereocenters. The molecule has 3 amide bonds. The molecule has 3 N–H and O–H groups in total. The summed E-state index contributed by atoms with van der Waals surface area (Å²) in [6.07, 6.45) is 0. The van der Waals surface area contributed by atoms with E-state index in [0.29, 0.717) is 12.5 Å². The van der Waals surface area contributed by atoms with Gasteiger partial charge in [-0.3, -0.25) is 10.1 Å². The van der Waals surface area contributed by atoms with E-state index in [4.69, 9.17) is 0 Å². The summed E-state index contributed by atoms with van der Waals surface area (Å²) in [5.74, 6) is -0.00421. The minimum Gasteiger partial charge on any atom is -0.376 e. The number of hydrogen-bond donors (Lipinski definition) is 3. The number of nitrogens with one attached hydrogen (secondary N) is 3. The summed E-state index contributed by atoms with van der Waals surface area (Å²) in [7, 11) is 0. The Morgan fingerprint density at radius 1 is 1.21 bits per heavy atom. The summed E-state index contributed by atoms with van der Waals surface area (Å²) >= 11 is 0. The summed E-state index contributed by atoms with van der Waals surface area (Å²) < 4.78 is 0. The second kappa shape index (κ2) is 7.41. The normalized spacial score (nSPS) is 10.1. The van der Waals surface area contributed by atoms with E-state index in [0.717, 1.165) is 11.3 Å². The molecule has 0 aromatic heterocycles. The summed E-state index contributed by atoms with van der Waals surface area (Å²) in [5, 5.41) is 7.89. The van der Waals surface area contributed by atoms with Gasteiger partial charge in [0.25, 0.3) is 0 Å². The number of carbonyl (C=O) groups excluding carboxylic acids is 2. The number of anilines is 1. The van der Waals surface area contributed by atoms with Gasteiger partial charge in [-0.15, -0.1) is 0 Å². The zero-order chi connectivity index (χ0) is 14.3. The van der Waals surface area contributed by atoms with Crippen LogP contribution >= 0.6 is 0 Å². The Balaban J connectivity index is 2.32. The van der Waals surface area contributed by atoms with Crippen LogP contribution in [0.15, 0.2) is 24.3 Å². The van der Waals surface area contributed by atoms with Crippen molar-refractivity contribution in [3.63, 3.8) is 0 Å². The van der Waals surface area contributed by atoms with Crippen LogP contribution in [0, 0.1) is 12.8 Å². The van der Waals surface area contributed by atoms with Gasteiger partial charge >= 0.3 is 6.03 Å². The van der Waals surface area contributed by atoms with Gasteiger partial charge in [-0.2, -0.15) is 0 Å². The number of urea groups is 1. The van der Waals surface area contributed by atoms with Gasteiger partial charge in [0.15, 0.2) is 0 Å². The van der Waals surface area contributed by atoms with E-state index < -0.39 is 6.03 Å². The maximum absolute atomic E-state index is 11.5. The van der Waals surface area contributed by atoms with E-state index in [1.807, 2.05) is 45.0 Å². The van der Waals surface area contributed by atoms with Crippen LogP contribution in [0.4, 0.5) is 10.5 Å². The van der Waals surface area contributed by atoms with Gasteiger partial charge in [-0.05, 0) is 24.5 Å². The minimum absolute atomic E-state index is 0.0694. The van der Waals surface area contributed by atoms with Gasteiger partial charge in [0, 0.05) is 12.2 Å². The molecule has 0 unspecified atom stereocenters. The molecule has 104 valence electrons. The van der Waals surface area contributed by atoms with Gasteiger partial charge in [0.05, 0.1) is 6.54 Å². The number of rotatable bonds is 5. The molecule has 19 heavy (non-hydrogen) atoms. The first-order valence-corrected chi connectivity index (χ1v) is 6.36. The molecule has 1 rings (SSSR count). The van der Waals surface area contributed by atoms with Crippen LogP contribution in [0.2, 0.25) is 0 Å². The lowest BCUT2D eigenvalue weighted by Gasteiger charge is -2.10. The lowest BCUT2D eigenvalue weighted by Crippen LogP contribution is -2.43. The third-order valence-corrected chi connectivity index (χ3v) is 2.51. The maximum atomic E-state index is 11.5. The summed E-state index contributed by atoms with van der Waals surface area (Å²) in [6.45, 7) is 6.55. The van der Waals surface area contributed by atoms with Crippen LogP contribution in [-0.4, -0.2) is 25.0 Å². The monoisotopic (exact) mass is 263 g/mol. The van der Waals surface area contributed by atoms with Crippen LogP contribution in [-0.2, 0) is 4.79 Å². The molecule has 5 nitrogen and oxygen atoms in total. The third kappa shape index (κ3) is 5.90. The van der Waals surface area contributed by atoms with Gasteiger partial charge < -0.3 is 10.6 Å². The second-order valence-corrected chi connectivity index (χ2v) is 4.82. The predicted molar refractivity (Wildman–Crippen MR) is 76.0 cm³/mol. The average Bonchev–Trinajstić information content (AvgIpc) is 2.35. The molecule has 0 fully saturated rings. The SMILES string of the molecule is Cc1ccccc1NCC(=O)NC(=O)NCC(C)C. The van der Waals surface area contributed by atoms with Crippen molar-refractivity contribution in [3.8, 4) is 0 Å². The van der Waals surface area contributed by atoms with Crippen molar-refractivity contribution in [3.05, 3.63) is 29.8 Å². The number of benzene rings is 1. The van der Waals surface area contributed by atoms with E-state index in [9.17, 15) is 9.59 Å². The van der Waals surface area contributed by atoms with Crippen molar-refractivity contribution >= 4 is 17.6 Å². The molecular formula is C14H21N3O2. The summed E-state index contributed by atoms with van der Waals surface area (Å²) in [4.78, 5) is 22.9. The van der Waals surface area contributed by atoms with Crippen LogP contribution < -0.4 is 16.0 Å². The highest BCUT2D eigenvalue weighted by Gasteiger charge is 2.07. The van der Waals surface area contributed by atoms with Crippen molar-refractivity contribution < 1.29 is 9.59 Å². The summed E-state index contributed by atoms with van der Waals surface area (Å²) in [5.41, 5.74) is 1.94. The van der Waals surface area contributed by atoms with Crippen molar-refractivity contribution in [2.24, 2.45) is 5.92 Å². The third-order valence-electron chi connectivity index (χ3n) is 2.51.